The van der Waals surface area contributed by atoms with E-state index in [2.05, 4.69) is 6.58 Å². The Bertz CT molecular complexity index is 859. The molecule has 0 aliphatic carbocycles. The molecule has 0 spiro atoms. The van der Waals surface area contributed by atoms with Crippen LogP contribution >= 0.6 is 0 Å². The summed E-state index contributed by atoms with van der Waals surface area (Å²) in [5.74, 6) is -0.617. The van der Waals surface area contributed by atoms with E-state index in [1.807, 2.05) is 6.92 Å². The van der Waals surface area contributed by atoms with Gasteiger partial charge in [-0.2, -0.15) is 8.42 Å². The van der Waals surface area contributed by atoms with Gasteiger partial charge in [-0.1, -0.05) is 42.0 Å². The van der Waals surface area contributed by atoms with Gasteiger partial charge in [0, 0.05) is 0 Å². The lowest BCUT2D eigenvalue weighted by molar-refractivity contribution is -0.0144. The number of aliphatic hydroxyl groups excluding tert-OH is 1. The van der Waals surface area contributed by atoms with E-state index >= 15 is 0 Å². The third-order valence-corrected chi connectivity index (χ3v) is 5.13. The number of hydrogen-bond acceptors (Lipinski definition) is 6. The van der Waals surface area contributed by atoms with Crippen LogP contribution in [-0.4, -0.2) is 38.3 Å². The minimum absolute atomic E-state index is 0.0179. The summed E-state index contributed by atoms with van der Waals surface area (Å²) in [6, 6.07) is 14.4. The number of carbonyl (C=O) groups excluding carboxylic acids is 1. The van der Waals surface area contributed by atoms with Crippen LogP contribution in [0, 0.1) is 6.92 Å². The van der Waals surface area contributed by atoms with Crippen LogP contribution in [0.5, 0.6) is 0 Å². The molecule has 1 N–H and O–H groups in total. The molecule has 0 aliphatic heterocycles. The number of aliphatic hydroxyl groups is 1. The van der Waals surface area contributed by atoms with Gasteiger partial charge in [0.2, 0.25) is 0 Å². The van der Waals surface area contributed by atoms with Crippen molar-refractivity contribution in [3.63, 3.8) is 0 Å². The van der Waals surface area contributed by atoms with Gasteiger partial charge in [0.1, 0.15) is 18.8 Å². The Kier molecular flexibility index (Phi) is 7.29. The second kappa shape index (κ2) is 9.45. The van der Waals surface area contributed by atoms with Crippen LogP contribution in [0.2, 0.25) is 0 Å². The van der Waals surface area contributed by atoms with Gasteiger partial charge in [0.15, 0.2) is 0 Å². The van der Waals surface area contributed by atoms with Gasteiger partial charge in [-0.05, 0) is 37.6 Å². The molecule has 0 radical (unpaired) electrons. The lowest BCUT2D eigenvalue weighted by Gasteiger charge is -2.21. The van der Waals surface area contributed by atoms with Crippen molar-refractivity contribution in [1.82, 2.24) is 0 Å². The van der Waals surface area contributed by atoms with Crippen LogP contribution in [-0.2, 0) is 19.0 Å². The first kappa shape index (κ1) is 20.8. The Morgan fingerprint density at radius 2 is 1.78 bits per heavy atom. The largest absolute Gasteiger partial charge is 0.459 e. The summed E-state index contributed by atoms with van der Waals surface area (Å²) < 4.78 is 35.1. The molecule has 0 heterocycles. The van der Waals surface area contributed by atoms with Crippen molar-refractivity contribution in [2.75, 3.05) is 6.61 Å². The molecule has 27 heavy (non-hydrogen) atoms. The number of esters is 1. The first-order valence-electron chi connectivity index (χ1n) is 8.34. The predicted octanol–water partition coefficient (Wildman–Crippen LogP) is 2.86. The highest BCUT2D eigenvalue weighted by Crippen LogP contribution is 2.19. The zero-order chi connectivity index (χ0) is 19.9. The van der Waals surface area contributed by atoms with Crippen molar-refractivity contribution in [2.24, 2.45) is 0 Å². The van der Waals surface area contributed by atoms with Crippen LogP contribution in [0.15, 0.2) is 72.1 Å². The monoisotopic (exact) mass is 390 g/mol. The fraction of sp³-hybridized carbons (Fsp3) is 0.250. The van der Waals surface area contributed by atoms with Gasteiger partial charge in [0.25, 0.3) is 10.1 Å². The molecule has 0 saturated heterocycles. The molecule has 0 aliphatic rings. The highest BCUT2D eigenvalue weighted by Gasteiger charge is 2.28. The molecule has 0 bridgehead atoms. The van der Waals surface area contributed by atoms with Crippen molar-refractivity contribution in [3.05, 3.63) is 78.4 Å². The summed E-state index contributed by atoms with van der Waals surface area (Å²) in [4.78, 5) is 11.9. The predicted molar refractivity (Wildman–Crippen MR) is 101 cm³/mol. The molecule has 2 aromatic carbocycles. The number of benzene rings is 2. The van der Waals surface area contributed by atoms with Crippen molar-refractivity contribution in [3.8, 4) is 0 Å². The van der Waals surface area contributed by atoms with Gasteiger partial charge < -0.3 is 9.84 Å². The maximum absolute atomic E-state index is 12.4. The number of hydrogen-bond donors (Lipinski definition) is 1. The maximum Gasteiger partial charge on any atom is 0.338 e. The second-order valence-corrected chi connectivity index (χ2v) is 7.53. The summed E-state index contributed by atoms with van der Waals surface area (Å²) in [7, 11) is -4.08. The second-order valence-electron chi connectivity index (χ2n) is 5.96. The molecular formula is C20H22O6S. The molecule has 0 fully saturated rings. The number of aryl methyl sites for hydroxylation is 1. The summed E-state index contributed by atoms with van der Waals surface area (Å²) in [6.07, 6.45) is -0.972. The Hall–Kier alpha value is -2.48. The summed E-state index contributed by atoms with van der Waals surface area (Å²) in [5.41, 5.74) is 1.24. The summed E-state index contributed by atoms with van der Waals surface area (Å²) >= 11 is 0. The zero-order valence-corrected chi connectivity index (χ0v) is 15.8. The Labute approximate surface area is 159 Å². The van der Waals surface area contributed by atoms with Crippen molar-refractivity contribution >= 4 is 16.1 Å². The maximum atomic E-state index is 12.4. The van der Waals surface area contributed by atoms with E-state index in [1.54, 1.807) is 42.5 Å². The molecule has 0 aromatic heterocycles. The van der Waals surface area contributed by atoms with E-state index in [0.717, 1.165) is 5.56 Å². The van der Waals surface area contributed by atoms with E-state index in [1.165, 1.54) is 18.2 Å². The van der Waals surface area contributed by atoms with Gasteiger partial charge in [-0.25, -0.2) is 4.79 Å². The third kappa shape index (κ3) is 6.02. The molecule has 0 unspecified atom stereocenters. The van der Waals surface area contributed by atoms with Gasteiger partial charge in [0.05, 0.1) is 10.5 Å². The molecule has 0 saturated carbocycles. The van der Waals surface area contributed by atoms with Crippen molar-refractivity contribution in [2.45, 2.75) is 30.4 Å². The van der Waals surface area contributed by atoms with Gasteiger partial charge in [-0.15, -0.1) is 6.58 Å². The lowest BCUT2D eigenvalue weighted by atomic mass is 10.1. The normalized spacial score (nSPS) is 13.6. The van der Waals surface area contributed by atoms with Crippen LogP contribution < -0.4 is 0 Å². The molecule has 2 atom stereocenters. The van der Waals surface area contributed by atoms with Crippen LogP contribution in [0.3, 0.4) is 0 Å². The fourth-order valence-electron chi connectivity index (χ4n) is 2.27. The van der Waals surface area contributed by atoms with Crippen LogP contribution in [0.1, 0.15) is 22.3 Å². The van der Waals surface area contributed by atoms with E-state index in [0.29, 0.717) is 5.56 Å². The Balaban J connectivity index is 2.03. The SMILES string of the molecule is C=CC[C@@H](OS(=O)(=O)c1ccc(C)cc1)[C@H](O)COC(=O)c1ccccc1. The van der Waals surface area contributed by atoms with E-state index in [4.69, 9.17) is 8.92 Å². The first-order valence-corrected chi connectivity index (χ1v) is 9.75. The molecule has 144 valence electrons. The van der Waals surface area contributed by atoms with Crippen molar-refractivity contribution in [1.29, 1.82) is 0 Å². The Morgan fingerprint density at radius 1 is 1.15 bits per heavy atom. The standard InChI is InChI=1S/C20H22O6S/c1-3-7-19(26-27(23,24)17-12-10-15(2)11-13-17)18(21)14-25-20(22)16-8-5-4-6-9-16/h3-6,8-13,18-19,21H,1,7,14H2,2H3/t18-,19-/m1/s1. The number of rotatable bonds is 9. The molecule has 2 aromatic rings. The lowest BCUT2D eigenvalue weighted by Crippen LogP contribution is -2.35. The summed E-state index contributed by atoms with van der Waals surface area (Å²) in [5, 5.41) is 10.3. The number of ether oxygens (including phenoxy) is 1. The third-order valence-electron chi connectivity index (χ3n) is 3.78. The van der Waals surface area contributed by atoms with Crippen molar-refractivity contribution < 1.29 is 27.2 Å². The zero-order valence-electron chi connectivity index (χ0n) is 14.9. The van der Waals surface area contributed by atoms with Crippen LogP contribution in [0.25, 0.3) is 0 Å². The Morgan fingerprint density at radius 3 is 2.37 bits per heavy atom. The van der Waals surface area contributed by atoms with E-state index in [-0.39, 0.29) is 11.3 Å². The minimum atomic E-state index is -4.08. The van der Waals surface area contributed by atoms with E-state index < -0.39 is 34.9 Å². The van der Waals surface area contributed by atoms with E-state index in [9.17, 15) is 18.3 Å². The fourth-order valence-corrected chi connectivity index (χ4v) is 3.39. The summed E-state index contributed by atoms with van der Waals surface area (Å²) in [6.45, 7) is 4.98. The molecule has 7 heteroatoms. The molecule has 6 nitrogen and oxygen atoms in total. The van der Waals surface area contributed by atoms with Gasteiger partial charge >= 0.3 is 5.97 Å². The topological polar surface area (TPSA) is 89.9 Å². The quantitative estimate of drug-likeness (QED) is 0.402. The van der Waals surface area contributed by atoms with Gasteiger partial charge in [-0.3, -0.25) is 4.18 Å². The average molecular weight is 390 g/mol. The molecule has 2 rings (SSSR count). The number of carbonyl (C=O) groups is 1. The molecular weight excluding hydrogens is 368 g/mol. The average Bonchev–Trinajstić information content (AvgIpc) is 2.66. The molecule has 0 amide bonds. The smallest absolute Gasteiger partial charge is 0.338 e. The van der Waals surface area contributed by atoms with Crippen LogP contribution in [0.4, 0.5) is 0 Å². The first-order chi connectivity index (χ1) is 12.8. The highest BCUT2D eigenvalue weighted by atomic mass is 32.2. The minimum Gasteiger partial charge on any atom is -0.459 e. The highest BCUT2D eigenvalue weighted by molar-refractivity contribution is 7.86.